The topological polar surface area (TPSA) is 116 Å². The monoisotopic (exact) mass is 350 g/mol. The molecular formula is C18H26N2O5. The molecule has 0 aliphatic heterocycles. The maximum absolute atomic E-state index is 12.2. The lowest BCUT2D eigenvalue weighted by molar-refractivity contribution is -0.145. The van der Waals surface area contributed by atoms with E-state index in [-0.39, 0.29) is 5.41 Å². The van der Waals surface area contributed by atoms with Gasteiger partial charge in [-0.15, -0.1) is 0 Å². The summed E-state index contributed by atoms with van der Waals surface area (Å²) >= 11 is 0. The summed E-state index contributed by atoms with van der Waals surface area (Å²) in [6, 6.07) is 4.68. The van der Waals surface area contributed by atoms with Crippen LogP contribution < -0.4 is 10.6 Å². The second-order valence-electron chi connectivity index (χ2n) is 7.09. The maximum atomic E-state index is 12.2. The van der Waals surface area contributed by atoms with Crippen LogP contribution in [0.3, 0.4) is 0 Å². The highest BCUT2D eigenvalue weighted by Crippen LogP contribution is 2.22. The van der Waals surface area contributed by atoms with Gasteiger partial charge in [-0.3, -0.25) is 9.59 Å². The van der Waals surface area contributed by atoms with Gasteiger partial charge in [0.15, 0.2) is 6.04 Å². The van der Waals surface area contributed by atoms with E-state index >= 15 is 0 Å². The van der Waals surface area contributed by atoms with Gasteiger partial charge in [0.2, 0.25) is 5.91 Å². The molecule has 0 radical (unpaired) electrons. The van der Waals surface area contributed by atoms with Crippen LogP contribution in [0, 0.1) is 0 Å². The Hall–Kier alpha value is -2.41. The molecule has 25 heavy (non-hydrogen) atoms. The van der Waals surface area contributed by atoms with Crippen LogP contribution in [0.1, 0.15) is 50.5 Å². The van der Waals surface area contributed by atoms with Crippen molar-refractivity contribution in [3.63, 3.8) is 0 Å². The predicted molar refractivity (Wildman–Crippen MR) is 93.3 cm³/mol. The molecule has 0 saturated carbocycles. The smallest absolute Gasteiger partial charge is 0.328 e. The highest BCUT2D eigenvalue weighted by Gasteiger charge is 2.27. The first-order valence-electron chi connectivity index (χ1n) is 8.06. The second kappa shape index (κ2) is 8.11. The zero-order valence-electron chi connectivity index (χ0n) is 15.2. The van der Waals surface area contributed by atoms with Gasteiger partial charge in [0.1, 0.15) is 6.04 Å². The summed E-state index contributed by atoms with van der Waals surface area (Å²) in [6.07, 6.45) is -1.26. The Labute approximate surface area is 147 Å². The molecule has 0 unspecified atom stereocenters. The molecule has 138 valence electrons. The number of aliphatic hydroxyl groups excluding tert-OH is 1. The molecule has 2 amide bonds. The number of carbonyl (C=O) groups excluding carboxylic acids is 2. The molecule has 7 heteroatoms. The minimum atomic E-state index is -1.43. The number of carbonyl (C=O) groups is 3. The molecule has 1 aromatic rings. The van der Waals surface area contributed by atoms with E-state index in [4.69, 9.17) is 5.11 Å². The molecule has 0 aromatic heterocycles. The molecule has 0 bridgehead atoms. The van der Waals surface area contributed by atoms with E-state index in [1.54, 1.807) is 12.1 Å². The van der Waals surface area contributed by atoms with Crippen LogP contribution in [-0.4, -0.2) is 46.2 Å². The van der Waals surface area contributed by atoms with Crippen LogP contribution in [0.5, 0.6) is 0 Å². The lowest BCUT2D eigenvalue weighted by Gasteiger charge is -2.21. The third-order valence-electron chi connectivity index (χ3n) is 3.80. The fourth-order valence-electron chi connectivity index (χ4n) is 2.13. The number of aliphatic hydroxyl groups is 1. The Balaban J connectivity index is 2.72. The van der Waals surface area contributed by atoms with Crippen molar-refractivity contribution in [1.82, 2.24) is 10.6 Å². The molecule has 0 fully saturated rings. The Kier molecular flexibility index (Phi) is 6.70. The first kappa shape index (κ1) is 20.6. The zero-order chi connectivity index (χ0) is 19.4. The molecule has 4 N–H and O–H groups in total. The van der Waals surface area contributed by atoms with E-state index in [2.05, 4.69) is 31.4 Å². The van der Waals surface area contributed by atoms with Crippen molar-refractivity contribution in [1.29, 1.82) is 0 Å². The number of carboxylic acid groups (broad SMARTS) is 1. The lowest BCUT2D eigenvalue weighted by atomic mass is 9.86. The molecule has 7 nitrogen and oxygen atoms in total. The van der Waals surface area contributed by atoms with Gasteiger partial charge in [0.25, 0.3) is 5.91 Å². The van der Waals surface area contributed by atoms with Crippen molar-refractivity contribution >= 4 is 17.8 Å². The number of aliphatic carboxylic acids is 1. The second-order valence-corrected chi connectivity index (χ2v) is 7.09. The molecule has 0 saturated heterocycles. The summed E-state index contributed by atoms with van der Waals surface area (Å²) in [5.74, 6) is -2.47. The van der Waals surface area contributed by atoms with Crippen molar-refractivity contribution < 1.29 is 24.6 Å². The van der Waals surface area contributed by atoms with Crippen LogP contribution in [0.15, 0.2) is 24.3 Å². The van der Waals surface area contributed by atoms with Crippen LogP contribution >= 0.6 is 0 Å². The fourth-order valence-corrected chi connectivity index (χ4v) is 2.13. The summed E-state index contributed by atoms with van der Waals surface area (Å²) in [4.78, 5) is 35.2. The highest BCUT2D eigenvalue weighted by molar-refractivity contribution is 5.98. The quantitative estimate of drug-likeness (QED) is 0.612. The molecule has 1 rings (SSSR count). The SMILES string of the molecule is C[C@H](NC(=O)c1ccc(C(C)(C)C)cc1)C(=O)N[C@@H](C(=O)O)[C@@H](C)O. The van der Waals surface area contributed by atoms with Gasteiger partial charge < -0.3 is 20.8 Å². The summed E-state index contributed by atoms with van der Waals surface area (Å²) in [5, 5.41) is 23.1. The van der Waals surface area contributed by atoms with Crippen LogP contribution in [0.2, 0.25) is 0 Å². The summed E-state index contributed by atoms with van der Waals surface area (Å²) < 4.78 is 0. The molecule has 0 aliphatic carbocycles. The van der Waals surface area contributed by atoms with Crippen molar-refractivity contribution in [3.05, 3.63) is 35.4 Å². The van der Waals surface area contributed by atoms with Gasteiger partial charge in [-0.05, 0) is 37.0 Å². The first-order chi connectivity index (χ1) is 11.4. The van der Waals surface area contributed by atoms with Crippen LogP contribution in [0.4, 0.5) is 0 Å². The Morgan fingerprint density at radius 2 is 1.52 bits per heavy atom. The number of hydrogen-bond acceptors (Lipinski definition) is 4. The predicted octanol–water partition coefficient (Wildman–Crippen LogP) is 1.05. The van der Waals surface area contributed by atoms with E-state index < -0.39 is 36.0 Å². The van der Waals surface area contributed by atoms with Gasteiger partial charge >= 0.3 is 5.97 Å². The average Bonchev–Trinajstić information content (AvgIpc) is 2.50. The molecule has 0 heterocycles. The third-order valence-corrected chi connectivity index (χ3v) is 3.80. The van der Waals surface area contributed by atoms with Crippen molar-refractivity contribution in [2.24, 2.45) is 0 Å². The van der Waals surface area contributed by atoms with E-state index in [0.29, 0.717) is 5.56 Å². The minimum absolute atomic E-state index is 0.0327. The van der Waals surface area contributed by atoms with Crippen molar-refractivity contribution in [2.75, 3.05) is 0 Å². The largest absolute Gasteiger partial charge is 0.480 e. The summed E-state index contributed by atoms with van der Waals surface area (Å²) in [5.41, 5.74) is 1.45. The van der Waals surface area contributed by atoms with Crippen molar-refractivity contribution in [3.8, 4) is 0 Å². The molecule has 0 spiro atoms. The first-order valence-corrected chi connectivity index (χ1v) is 8.06. The third kappa shape index (κ3) is 5.86. The lowest BCUT2D eigenvalue weighted by Crippen LogP contribution is -2.53. The van der Waals surface area contributed by atoms with Gasteiger partial charge in [-0.1, -0.05) is 32.9 Å². The van der Waals surface area contributed by atoms with Gasteiger partial charge in [0.05, 0.1) is 6.10 Å². The van der Waals surface area contributed by atoms with E-state index in [1.807, 2.05) is 12.1 Å². The van der Waals surface area contributed by atoms with Crippen LogP contribution in [0.25, 0.3) is 0 Å². The number of carboxylic acids is 1. The molecular weight excluding hydrogens is 324 g/mol. The molecule has 0 aliphatic rings. The van der Waals surface area contributed by atoms with Crippen molar-refractivity contribution in [2.45, 2.75) is 58.2 Å². The molecule has 3 atom stereocenters. The van der Waals surface area contributed by atoms with Gasteiger partial charge in [-0.25, -0.2) is 4.79 Å². The maximum Gasteiger partial charge on any atom is 0.328 e. The fraction of sp³-hybridized carbons (Fsp3) is 0.500. The Morgan fingerprint density at radius 1 is 1.00 bits per heavy atom. The summed E-state index contributed by atoms with van der Waals surface area (Å²) in [6.45, 7) is 8.90. The van der Waals surface area contributed by atoms with E-state index in [1.165, 1.54) is 13.8 Å². The highest BCUT2D eigenvalue weighted by atomic mass is 16.4. The number of benzene rings is 1. The standard InChI is InChI=1S/C18H26N2O5/c1-10(15(22)20-14(11(2)21)17(24)25)19-16(23)12-6-8-13(9-7-12)18(3,4)5/h6-11,14,21H,1-5H3,(H,19,23)(H,20,22)(H,24,25)/t10-,11+,14+/m0/s1. The normalized spacial score (nSPS) is 15.0. The van der Waals surface area contributed by atoms with Gasteiger partial charge in [0, 0.05) is 5.56 Å². The number of nitrogens with one attached hydrogen (secondary N) is 2. The zero-order valence-corrected chi connectivity index (χ0v) is 15.2. The molecule has 1 aromatic carbocycles. The minimum Gasteiger partial charge on any atom is -0.480 e. The summed E-state index contributed by atoms with van der Waals surface area (Å²) in [7, 11) is 0. The average molecular weight is 350 g/mol. The van der Waals surface area contributed by atoms with Crippen LogP contribution in [-0.2, 0) is 15.0 Å². The van der Waals surface area contributed by atoms with E-state index in [9.17, 15) is 19.5 Å². The van der Waals surface area contributed by atoms with E-state index in [0.717, 1.165) is 5.56 Å². The number of rotatable bonds is 6. The Bertz CT molecular complexity index is 632. The van der Waals surface area contributed by atoms with Gasteiger partial charge in [-0.2, -0.15) is 0 Å². The number of hydrogen-bond donors (Lipinski definition) is 4. The number of amides is 2. The Morgan fingerprint density at radius 3 is 1.92 bits per heavy atom.